The fourth-order valence-electron chi connectivity index (χ4n) is 6.14. The molecule has 1 aromatic carbocycles. The molecule has 0 aromatic heterocycles. The Morgan fingerprint density at radius 2 is 2.25 bits per heavy atom. The highest BCUT2D eigenvalue weighted by Gasteiger charge is 2.72. The lowest BCUT2D eigenvalue weighted by atomic mass is 9.48. The van der Waals surface area contributed by atoms with Gasteiger partial charge in [0.05, 0.1) is 17.1 Å². The number of aliphatic hydroxyl groups excluding tert-OH is 1. The molecule has 1 saturated carbocycles. The van der Waals surface area contributed by atoms with Gasteiger partial charge in [0.1, 0.15) is 11.9 Å². The van der Waals surface area contributed by atoms with Crippen LogP contribution in [-0.2, 0) is 11.8 Å². The van der Waals surface area contributed by atoms with Gasteiger partial charge < -0.3 is 14.9 Å². The molecule has 2 fully saturated rings. The summed E-state index contributed by atoms with van der Waals surface area (Å²) in [6.45, 7) is 7.67. The zero-order valence-corrected chi connectivity index (χ0v) is 14.2. The monoisotopic (exact) mass is 327 g/mol. The lowest BCUT2D eigenvalue weighted by Gasteiger charge is -2.63. The second-order valence-corrected chi connectivity index (χ2v) is 8.04. The van der Waals surface area contributed by atoms with Crippen LogP contribution in [0, 0.1) is 6.92 Å². The summed E-state index contributed by atoms with van der Waals surface area (Å²) in [6, 6.07) is 4.39. The van der Waals surface area contributed by atoms with Crippen LogP contribution < -0.4 is 4.74 Å². The van der Waals surface area contributed by atoms with Crippen LogP contribution >= 0.6 is 0 Å². The zero-order valence-electron chi connectivity index (χ0n) is 14.2. The number of rotatable bonds is 2. The number of nitrogens with zero attached hydrogens (tertiary/aromatic N) is 1. The first kappa shape index (κ1) is 14.9. The van der Waals surface area contributed by atoms with Crippen molar-refractivity contribution in [1.29, 1.82) is 0 Å². The molecular formula is C20H25NO3. The minimum absolute atomic E-state index is 0.0732. The number of aryl methyl sites for hydroxylation is 1. The predicted octanol–water partition coefficient (Wildman–Crippen LogP) is 1.70. The Kier molecular flexibility index (Phi) is 2.88. The van der Waals surface area contributed by atoms with E-state index in [2.05, 4.69) is 30.5 Å². The van der Waals surface area contributed by atoms with Crippen LogP contribution in [0.1, 0.15) is 36.0 Å². The summed E-state index contributed by atoms with van der Waals surface area (Å²) in [7, 11) is 0. The largest absolute Gasteiger partial charge is 0.486 e. The van der Waals surface area contributed by atoms with Gasteiger partial charge in [-0.15, -0.1) is 6.58 Å². The topological polar surface area (TPSA) is 52.9 Å². The first-order valence-corrected chi connectivity index (χ1v) is 9.08. The molecule has 2 unspecified atom stereocenters. The maximum Gasteiger partial charge on any atom is 0.137 e. The Bertz CT molecular complexity index is 732. The van der Waals surface area contributed by atoms with Crippen molar-refractivity contribution in [3.8, 4) is 5.75 Å². The molecule has 1 aromatic rings. The Morgan fingerprint density at radius 3 is 3.04 bits per heavy atom. The molecule has 4 aliphatic rings. The van der Waals surface area contributed by atoms with Crippen LogP contribution in [0.15, 0.2) is 24.8 Å². The Labute approximate surface area is 142 Å². The van der Waals surface area contributed by atoms with Crippen LogP contribution in [0.4, 0.5) is 0 Å². The normalized spacial score (nSPS) is 42.4. The molecule has 5 atom stereocenters. The SMILES string of the molecule is C=CCN1CC[C@]23c4c5ccc(C)c4O[C@H]2C(O)CC[C@@]3(O)C1C5. The molecule has 4 heteroatoms. The van der Waals surface area contributed by atoms with Crippen molar-refractivity contribution in [3.05, 3.63) is 41.5 Å². The van der Waals surface area contributed by atoms with E-state index in [1.54, 1.807) is 0 Å². The molecule has 2 bridgehead atoms. The molecule has 24 heavy (non-hydrogen) atoms. The van der Waals surface area contributed by atoms with E-state index >= 15 is 0 Å². The average Bonchev–Trinajstić information content (AvgIpc) is 2.91. The molecule has 2 heterocycles. The molecule has 5 rings (SSSR count). The van der Waals surface area contributed by atoms with Gasteiger partial charge in [0.15, 0.2) is 0 Å². The molecule has 1 saturated heterocycles. The maximum atomic E-state index is 12.0. The summed E-state index contributed by atoms with van der Waals surface area (Å²) < 4.78 is 6.33. The Hall–Kier alpha value is -1.36. The summed E-state index contributed by atoms with van der Waals surface area (Å²) in [5.74, 6) is 0.924. The highest BCUT2D eigenvalue weighted by atomic mass is 16.5. The number of ether oxygens (including phenoxy) is 1. The van der Waals surface area contributed by atoms with Gasteiger partial charge in [0.25, 0.3) is 0 Å². The van der Waals surface area contributed by atoms with E-state index in [0.717, 1.165) is 37.2 Å². The number of benzene rings is 1. The van der Waals surface area contributed by atoms with E-state index in [9.17, 15) is 10.2 Å². The molecular weight excluding hydrogens is 302 g/mol. The van der Waals surface area contributed by atoms with Crippen LogP contribution in [0.25, 0.3) is 0 Å². The maximum absolute atomic E-state index is 12.0. The van der Waals surface area contributed by atoms with Crippen molar-refractivity contribution in [2.45, 2.75) is 61.9 Å². The fraction of sp³-hybridized carbons (Fsp3) is 0.600. The smallest absolute Gasteiger partial charge is 0.137 e. The summed E-state index contributed by atoms with van der Waals surface area (Å²) in [4.78, 5) is 2.37. The number of hydrogen-bond donors (Lipinski definition) is 2. The van der Waals surface area contributed by atoms with E-state index in [1.807, 2.05) is 6.08 Å². The number of hydrogen-bond acceptors (Lipinski definition) is 4. The van der Waals surface area contributed by atoms with E-state index in [1.165, 1.54) is 11.1 Å². The molecule has 0 radical (unpaired) electrons. The molecule has 4 nitrogen and oxygen atoms in total. The van der Waals surface area contributed by atoms with Crippen molar-refractivity contribution in [3.63, 3.8) is 0 Å². The first-order chi connectivity index (χ1) is 11.5. The molecule has 0 amide bonds. The molecule has 2 N–H and O–H groups in total. The van der Waals surface area contributed by atoms with Crippen molar-refractivity contribution < 1.29 is 14.9 Å². The zero-order chi connectivity index (χ0) is 16.7. The second-order valence-electron chi connectivity index (χ2n) is 8.04. The third-order valence-corrected chi connectivity index (χ3v) is 7.12. The van der Waals surface area contributed by atoms with Gasteiger partial charge in [-0.2, -0.15) is 0 Å². The van der Waals surface area contributed by atoms with E-state index < -0.39 is 17.1 Å². The van der Waals surface area contributed by atoms with Gasteiger partial charge in [-0.1, -0.05) is 18.2 Å². The minimum Gasteiger partial charge on any atom is -0.486 e. The van der Waals surface area contributed by atoms with Crippen LogP contribution in [0.5, 0.6) is 5.75 Å². The third-order valence-electron chi connectivity index (χ3n) is 7.12. The molecule has 2 aliphatic carbocycles. The van der Waals surface area contributed by atoms with Gasteiger partial charge in [0, 0.05) is 18.2 Å². The molecule has 1 spiro atoms. The third kappa shape index (κ3) is 1.47. The van der Waals surface area contributed by atoms with E-state index in [-0.39, 0.29) is 12.1 Å². The average molecular weight is 327 g/mol. The van der Waals surface area contributed by atoms with E-state index in [4.69, 9.17) is 4.74 Å². The fourth-order valence-corrected chi connectivity index (χ4v) is 6.14. The highest BCUT2D eigenvalue weighted by Crippen LogP contribution is 2.64. The number of aliphatic hydroxyl groups is 2. The summed E-state index contributed by atoms with van der Waals surface area (Å²) >= 11 is 0. The summed E-state index contributed by atoms with van der Waals surface area (Å²) in [6.07, 6.45) is 4.02. The molecule has 128 valence electrons. The standard InChI is InChI=1S/C20H25NO3/c1-3-9-21-10-8-19-16-13-5-4-12(2)17(16)24-18(19)14(22)6-7-20(19,23)15(21)11-13/h3-5,14-15,18,22-23H,1,6-11H2,2H3/t14?,15?,18-,19-,20+/m0/s1. The lowest BCUT2D eigenvalue weighted by Crippen LogP contribution is -2.77. The van der Waals surface area contributed by atoms with Crippen LogP contribution in [-0.4, -0.2) is 52.1 Å². The second kappa shape index (κ2) is 4.63. The number of likely N-dealkylation sites (tertiary alicyclic amines) is 1. The highest BCUT2D eigenvalue weighted by molar-refractivity contribution is 5.60. The van der Waals surface area contributed by atoms with Crippen molar-refractivity contribution in [1.82, 2.24) is 4.90 Å². The quantitative estimate of drug-likeness (QED) is 0.812. The number of piperidine rings is 1. The van der Waals surface area contributed by atoms with Gasteiger partial charge in [-0.3, -0.25) is 4.90 Å². The first-order valence-electron chi connectivity index (χ1n) is 9.08. The Morgan fingerprint density at radius 1 is 1.42 bits per heavy atom. The van der Waals surface area contributed by atoms with Crippen LogP contribution in [0.3, 0.4) is 0 Å². The van der Waals surface area contributed by atoms with Crippen molar-refractivity contribution >= 4 is 0 Å². The van der Waals surface area contributed by atoms with E-state index in [0.29, 0.717) is 12.8 Å². The molecule has 2 aliphatic heterocycles. The lowest BCUT2D eigenvalue weighted by molar-refractivity contribution is -0.206. The van der Waals surface area contributed by atoms with Gasteiger partial charge in [-0.05, 0) is 50.3 Å². The van der Waals surface area contributed by atoms with Gasteiger partial charge in [-0.25, -0.2) is 0 Å². The van der Waals surface area contributed by atoms with Gasteiger partial charge in [0.2, 0.25) is 0 Å². The summed E-state index contributed by atoms with van der Waals surface area (Å²) in [5, 5.41) is 22.7. The minimum atomic E-state index is -0.829. The van der Waals surface area contributed by atoms with Crippen LogP contribution in [0.2, 0.25) is 0 Å². The Balaban J connectivity index is 1.78. The van der Waals surface area contributed by atoms with Crippen molar-refractivity contribution in [2.75, 3.05) is 13.1 Å². The van der Waals surface area contributed by atoms with Gasteiger partial charge >= 0.3 is 0 Å². The predicted molar refractivity (Wildman–Crippen MR) is 91.3 cm³/mol. The van der Waals surface area contributed by atoms with Crippen molar-refractivity contribution in [2.24, 2.45) is 0 Å². The summed E-state index contributed by atoms with van der Waals surface area (Å²) in [5.41, 5.74) is 2.31.